The molecule has 1 saturated heterocycles. The lowest BCUT2D eigenvalue weighted by Crippen LogP contribution is -2.29. The first-order chi connectivity index (χ1) is 13.7. The molecule has 0 amide bonds. The Balaban J connectivity index is 1.60. The number of hydrogen-bond donors (Lipinski definition) is 0. The molecule has 3 nitrogen and oxygen atoms in total. The summed E-state index contributed by atoms with van der Waals surface area (Å²) in [6.45, 7) is 1.95. The van der Waals surface area contributed by atoms with Gasteiger partial charge >= 0.3 is 0 Å². The number of hydrogen-bond acceptors (Lipinski definition) is 3. The van der Waals surface area contributed by atoms with E-state index in [1.165, 1.54) is 5.56 Å². The first kappa shape index (κ1) is 18.3. The van der Waals surface area contributed by atoms with E-state index in [9.17, 15) is 9.59 Å². The van der Waals surface area contributed by atoms with E-state index >= 15 is 0 Å². The molecule has 0 spiro atoms. The molecule has 3 aromatic carbocycles. The maximum atomic E-state index is 13.2. The van der Waals surface area contributed by atoms with Gasteiger partial charge in [0.25, 0.3) is 0 Å². The third-order valence-electron chi connectivity index (χ3n) is 5.43. The lowest BCUT2D eigenvalue weighted by Gasteiger charge is -2.16. The fourth-order valence-electron chi connectivity index (χ4n) is 4.02. The molecule has 1 heterocycles. The SMILES string of the molecule is O=C(c1ccccc1)C1CN(Cc2ccccc2)CC1C(=O)c1ccccc1. The molecule has 3 heteroatoms. The van der Waals surface area contributed by atoms with Crippen molar-refractivity contribution in [3.63, 3.8) is 0 Å². The zero-order valence-corrected chi connectivity index (χ0v) is 15.7. The van der Waals surface area contributed by atoms with Crippen molar-refractivity contribution in [2.24, 2.45) is 11.8 Å². The summed E-state index contributed by atoms with van der Waals surface area (Å²) >= 11 is 0. The van der Waals surface area contributed by atoms with Crippen molar-refractivity contribution in [2.75, 3.05) is 13.1 Å². The highest BCUT2D eigenvalue weighted by molar-refractivity contribution is 6.05. The number of benzene rings is 3. The van der Waals surface area contributed by atoms with Gasteiger partial charge in [-0.25, -0.2) is 0 Å². The molecule has 3 aromatic rings. The van der Waals surface area contributed by atoms with Crippen molar-refractivity contribution >= 4 is 11.6 Å². The van der Waals surface area contributed by atoms with Gasteiger partial charge in [0.2, 0.25) is 0 Å². The molecule has 0 aromatic heterocycles. The lowest BCUT2D eigenvalue weighted by molar-refractivity contribution is 0.0809. The van der Waals surface area contributed by atoms with Gasteiger partial charge in [-0.2, -0.15) is 0 Å². The van der Waals surface area contributed by atoms with Gasteiger partial charge < -0.3 is 0 Å². The largest absolute Gasteiger partial charge is 0.298 e. The van der Waals surface area contributed by atoms with Crippen LogP contribution in [0.2, 0.25) is 0 Å². The minimum atomic E-state index is -0.321. The second-order valence-electron chi connectivity index (χ2n) is 7.35. The standard InChI is InChI=1S/C25H23NO2/c27-24(20-12-6-2-7-13-20)22-17-26(16-19-10-4-1-5-11-19)18-23(22)25(28)21-14-8-3-9-15-21/h1-15,22-23H,16-18H2. The summed E-state index contributed by atoms with van der Waals surface area (Å²) in [6, 6.07) is 28.9. The van der Waals surface area contributed by atoms with Crippen LogP contribution in [0.1, 0.15) is 26.3 Å². The van der Waals surface area contributed by atoms with Gasteiger partial charge in [0.15, 0.2) is 11.6 Å². The monoisotopic (exact) mass is 369 g/mol. The van der Waals surface area contributed by atoms with E-state index in [4.69, 9.17) is 0 Å². The fraction of sp³-hybridized carbons (Fsp3) is 0.200. The van der Waals surface area contributed by atoms with E-state index in [1.54, 1.807) is 0 Å². The summed E-state index contributed by atoms with van der Waals surface area (Å²) in [5.41, 5.74) is 2.56. The van der Waals surface area contributed by atoms with Crippen LogP contribution in [0, 0.1) is 11.8 Å². The summed E-state index contributed by atoms with van der Waals surface area (Å²) in [7, 11) is 0. The van der Waals surface area contributed by atoms with E-state index in [0.717, 1.165) is 6.54 Å². The van der Waals surface area contributed by atoms with Crippen LogP contribution in [0.5, 0.6) is 0 Å². The zero-order valence-electron chi connectivity index (χ0n) is 15.7. The maximum absolute atomic E-state index is 13.2. The Hall–Kier alpha value is -3.04. The van der Waals surface area contributed by atoms with Crippen molar-refractivity contribution in [1.29, 1.82) is 0 Å². The first-order valence-electron chi connectivity index (χ1n) is 9.67. The fourth-order valence-corrected chi connectivity index (χ4v) is 4.02. The third-order valence-corrected chi connectivity index (χ3v) is 5.43. The molecule has 0 radical (unpaired) electrons. The molecule has 1 fully saturated rings. The number of rotatable bonds is 6. The molecule has 28 heavy (non-hydrogen) atoms. The van der Waals surface area contributed by atoms with Crippen LogP contribution in [0.4, 0.5) is 0 Å². The molecule has 0 N–H and O–H groups in total. The van der Waals surface area contributed by atoms with Gasteiger partial charge in [0.05, 0.1) is 0 Å². The van der Waals surface area contributed by atoms with Crippen molar-refractivity contribution < 1.29 is 9.59 Å². The lowest BCUT2D eigenvalue weighted by atomic mass is 9.83. The van der Waals surface area contributed by atoms with Crippen LogP contribution in [0.3, 0.4) is 0 Å². The second kappa shape index (κ2) is 8.32. The Bertz CT molecular complexity index is 879. The zero-order chi connectivity index (χ0) is 19.3. The quantitative estimate of drug-likeness (QED) is 0.601. The third kappa shape index (κ3) is 3.95. The number of Topliss-reactive ketones (excluding diaryl/α,β-unsaturated/α-hetero) is 2. The summed E-state index contributed by atoms with van der Waals surface area (Å²) in [4.78, 5) is 28.7. The normalized spacial score (nSPS) is 19.4. The highest BCUT2D eigenvalue weighted by Gasteiger charge is 2.41. The van der Waals surface area contributed by atoms with Crippen molar-refractivity contribution in [2.45, 2.75) is 6.54 Å². The minimum Gasteiger partial charge on any atom is -0.298 e. The van der Waals surface area contributed by atoms with Gasteiger partial charge in [0.1, 0.15) is 0 Å². The van der Waals surface area contributed by atoms with Gasteiger partial charge in [-0.3, -0.25) is 14.5 Å². The molecule has 1 aliphatic rings. The number of likely N-dealkylation sites (tertiary alicyclic amines) is 1. The highest BCUT2D eigenvalue weighted by Crippen LogP contribution is 2.31. The Morgan fingerprint density at radius 3 is 1.46 bits per heavy atom. The smallest absolute Gasteiger partial charge is 0.168 e. The average Bonchev–Trinajstić information content (AvgIpc) is 3.18. The molecule has 0 bridgehead atoms. The van der Waals surface area contributed by atoms with Crippen molar-refractivity contribution in [3.8, 4) is 0 Å². The van der Waals surface area contributed by atoms with E-state index < -0.39 is 0 Å². The molecule has 2 unspecified atom stereocenters. The predicted molar refractivity (Wildman–Crippen MR) is 110 cm³/mol. The Morgan fingerprint density at radius 2 is 1.04 bits per heavy atom. The predicted octanol–water partition coefficient (Wildman–Crippen LogP) is 4.50. The molecular formula is C25H23NO2. The summed E-state index contributed by atoms with van der Waals surface area (Å²) in [6.07, 6.45) is 0. The molecular weight excluding hydrogens is 346 g/mol. The van der Waals surface area contributed by atoms with E-state index in [2.05, 4.69) is 17.0 Å². The maximum Gasteiger partial charge on any atom is 0.168 e. The summed E-state index contributed by atoms with van der Waals surface area (Å²) in [5, 5.41) is 0. The second-order valence-corrected chi connectivity index (χ2v) is 7.35. The van der Waals surface area contributed by atoms with E-state index in [-0.39, 0.29) is 23.4 Å². The first-order valence-corrected chi connectivity index (χ1v) is 9.67. The molecule has 2 atom stereocenters. The Labute approximate surface area is 165 Å². The van der Waals surface area contributed by atoms with E-state index in [1.807, 2.05) is 78.9 Å². The topological polar surface area (TPSA) is 37.4 Å². The van der Waals surface area contributed by atoms with Crippen LogP contribution in [-0.2, 0) is 6.54 Å². The van der Waals surface area contributed by atoms with E-state index in [0.29, 0.717) is 24.2 Å². The van der Waals surface area contributed by atoms with Crippen LogP contribution in [0.25, 0.3) is 0 Å². The molecule has 1 aliphatic heterocycles. The van der Waals surface area contributed by atoms with Crippen LogP contribution in [0.15, 0.2) is 91.0 Å². The molecule has 0 aliphatic carbocycles. The average molecular weight is 369 g/mol. The highest BCUT2D eigenvalue weighted by atomic mass is 16.1. The number of ketones is 2. The number of carbonyl (C=O) groups excluding carboxylic acids is 2. The summed E-state index contributed by atoms with van der Waals surface area (Å²) in [5.74, 6) is -0.520. The molecule has 4 rings (SSSR count). The van der Waals surface area contributed by atoms with Gasteiger partial charge in [0, 0.05) is 42.6 Å². The van der Waals surface area contributed by atoms with Crippen molar-refractivity contribution in [1.82, 2.24) is 4.90 Å². The van der Waals surface area contributed by atoms with Gasteiger partial charge in [-0.05, 0) is 5.56 Å². The van der Waals surface area contributed by atoms with Gasteiger partial charge in [-0.1, -0.05) is 91.0 Å². The van der Waals surface area contributed by atoms with Crippen LogP contribution < -0.4 is 0 Å². The van der Waals surface area contributed by atoms with Gasteiger partial charge in [-0.15, -0.1) is 0 Å². The number of carbonyl (C=O) groups is 2. The summed E-state index contributed by atoms with van der Waals surface area (Å²) < 4.78 is 0. The minimum absolute atomic E-state index is 0.0606. The molecule has 140 valence electrons. The Morgan fingerprint density at radius 1 is 0.643 bits per heavy atom. The van der Waals surface area contributed by atoms with Crippen molar-refractivity contribution in [3.05, 3.63) is 108 Å². The van der Waals surface area contributed by atoms with Crippen LogP contribution >= 0.6 is 0 Å². The van der Waals surface area contributed by atoms with Crippen LogP contribution in [-0.4, -0.2) is 29.6 Å². The molecule has 0 saturated carbocycles. The number of nitrogens with zero attached hydrogens (tertiary/aromatic N) is 1. The Kier molecular flexibility index (Phi) is 5.45.